The molecule has 1 heterocycles. The van der Waals surface area contributed by atoms with Crippen molar-refractivity contribution in [2.24, 2.45) is 0 Å². The van der Waals surface area contributed by atoms with Crippen LogP contribution in [0.15, 0.2) is 24.3 Å². The zero-order valence-corrected chi connectivity index (χ0v) is 14.7. The average Bonchev–Trinajstić information content (AvgIpc) is 2.46. The van der Waals surface area contributed by atoms with Crippen LogP contribution >= 0.6 is 11.6 Å². The quantitative estimate of drug-likeness (QED) is 0.726. The van der Waals surface area contributed by atoms with Crippen molar-refractivity contribution in [3.63, 3.8) is 0 Å². The molecule has 2 rings (SSSR count). The monoisotopic (exact) mass is 325 g/mol. The van der Waals surface area contributed by atoms with E-state index in [1.807, 2.05) is 24.3 Å². The molecule has 0 saturated carbocycles. The van der Waals surface area contributed by atoms with E-state index in [1.54, 1.807) is 0 Å². The van der Waals surface area contributed by atoms with E-state index in [9.17, 15) is 0 Å². The second kappa shape index (κ2) is 8.07. The van der Waals surface area contributed by atoms with Crippen molar-refractivity contribution in [2.45, 2.75) is 51.7 Å². The molecular weight excluding hydrogens is 298 g/mol. The number of halogens is 1. The smallest absolute Gasteiger partial charge is 0.120 e. The van der Waals surface area contributed by atoms with E-state index in [4.69, 9.17) is 21.1 Å². The van der Waals surface area contributed by atoms with Crippen LogP contribution in [0.1, 0.15) is 40.0 Å². The lowest BCUT2D eigenvalue weighted by Gasteiger charge is -2.32. The zero-order valence-electron chi connectivity index (χ0n) is 14.0. The lowest BCUT2D eigenvalue weighted by atomic mass is 10.1. The third-order valence-corrected chi connectivity index (χ3v) is 3.89. The molecule has 4 heteroatoms. The summed E-state index contributed by atoms with van der Waals surface area (Å²) in [6, 6.07) is 7.96. The van der Waals surface area contributed by atoms with E-state index >= 15 is 0 Å². The fourth-order valence-electron chi connectivity index (χ4n) is 2.73. The van der Waals surface area contributed by atoms with E-state index in [1.165, 1.54) is 6.42 Å². The number of nitrogens with zero attached hydrogens (tertiary/aromatic N) is 1. The Bertz CT molecular complexity index is 441. The van der Waals surface area contributed by atoms with Crippen LogP contribution in [-0.4, -0.2) is 42.1 Å². The van der Waals surface area contributed by atoms with Crippen molar-refractivity contribution < 1.29 is 9.47 Å². The fraction of sp³-hybridized carbons (Fsp3) is 0.667. The summed E-state index contributed by atoms with van der Waals surface area (Å²) in [6.07, 6.45) is 3.64. The minimum absolute atomic E-state index is 0.172. The van der Waals surface area contributed by atoms with E-state index in [-0.39, 0.29) is 11.7 Å². The summed E-state index contributed by atoms with van der Waals surface area (Å²) in [5.41, 5.74) is -0.172. The third-order valence-electron chi connectivity index (χ3n) is 3.62. The summed E-state index contributed by atoms with van der Waals surface area (Å²) >= 11 is 5.78. The van der Waals surface area contributed by atoms with Gasteiger partial charge in [-0.25, -0.2) is 0 Å². The molecule has 1 fully saturated rings. The lowest BCUT2D eigenvalue weighted by Crippen LogP contribution is -2.41. The van der Waals surface area contributed by atoms with Gasteiger partial charge in [-0.15, -0.1) is 11.6 Å². The summed E-state index contributed by atoms with van der Waals surface area (Å²) in [7, 11) is 0. The van der Waals surface area contributed by atoms with Gasteiger partial charge >= 0.3 is 0 Å². The molecule has 0 unspecified atom stereocenters. The number of hydrogen-bond acceptors (Lipinski definition) is 3. The molecule has 22 heavy (non-hydrogen) atoms. The zero-order chi connectivity index (χ0) is 16.0. The molecule has 1 aromatic carbocycles. The van der Waals surface area contributed by atoms with Crippen molar-refractivity contribution in [3.8, 4) is 11.5 Å². The maximum Gasteiger partial charge on any atom is 0.120 e. The molecule has 1 atom stereocenters. The lowest BCUT2D eigenvalue weighted by molar-refractivity contribution is 0.0884. The Hall–Kier alpha value is -0.930. The standard InChI is InChI=1S/C18H28ClNO2/c1-18(2,3)22-16-9-7-15(8-10-16)21-17-6-4-12-20(14-17)13-5-11-19/h7-10,17H,4-6,11-14H2,1-3H3/t17-/m0/s1. The summed E-state index contributed by atoms with van der Waals surface area (Å²) in [6.45, 7) is 9.38. The topological polar surface area (TPSA) is 21.7 Å². The molecule has 0 bridgehead atoms. The van der Waals surface area contributed by atoms with Gasteiger partial charge in [-0.2, -0.15) is 0 Å². The molecule has 0 aromatic heterocycles. The molecule has 0 amide bonds. The SMILES string of the molecule is CC(C)(C)Oc1ccc(O[C@H]2CCCN(CCCCl)C2)cc1. The number of alkyl halides is 1. The Morgan fingerprint density at radius 2 is 1.86 bits per heavy atom. The predicted octanol–water partition coefficient (Wildman–Crippen LogP) is 4.34. The third kappa shape index (κ3) is 6.05. The highest BCUT2D eigenvalue weighted by molar-refractivity contribution is 6.17. The van der Waals surface area contributed by atoms with E-state index in [0.717, 1.165) is 49.9 Å². The van der Waals surface area contributed by atoms with Crippen molar-refractivity contribution >= 4 is 11.6 Å². The number of ether oxygens (including phenoxy) is 2. The van der Waals surface area contributed by atoms with Gasteiger partial charge in [0.15, 0.2) is 0 Å². The van der Waals surface area contributed by atoms with Crippen molar-refractivity contribution in [3.05, 3.63) is 24.3 Å². The van der Waals surface area contributed by atoms with E-state index in [2.05, 4.69) is 25.7 Å². The Kier molecular flexibility index (Phi) is 6.39. The first-order chi connectivity index (χ1) is 10.5. The average molecular weight is 326 g/mol. The van der Waals surface area contributed by atoms with Crippen LogP contribution in [-0.2, 0) is 0 Å². The van der Waals surface area contributed by atoms with Crippen LogP contribution in [0.2, 0.25) is 0 Å². The largest absolute Gasteiger partial charge is 0.489 e. The Morgan fingerprint density at radius 3 is 2.50 bits per heavy atom. The number of rotatable bonds is 6. The van der Waals surface area contributed by atoms with Crippen LogP contribution in [0.3, 0.4) is 0 Å². The van der Waals surface area contributed by atoms with Gasteiger partial charge in [-0.3, -0.25) is 4.90 Å². The first-order valence-electron chi connectivity index (χ1n) is 8.20. The predicted molar refractivity (Wildman–Crippen MR) is 92.3 cm³/mol. The molecule has 0 radical (unpaired) electrons. The highest BCUT2D eigenvalue weighted by Gasteiger charge is 2.21. The van der Waals surface area contributed by atoms with Crippen LogP contribution < -0.4 is 9.47 Å². The Balaban J connectivity index is 1.85. The molecule has 3 nitrogen and oxygen atoms in total. The van der Waals surface area contributed by atoms with Crippen LogP contribution in [0, 0.1) is 0 Å². The number of benzene rings is 1. The van der Waals surface area contributed by atoms with Crippen molar-refractivity contribution in [1.82, 2.24) is 4.90 Å². The van der Waals surface area contributed by atoms with Gasteiger partial charge in [-0.05, 0) is 77.4 Å². The normalized spacial score (nSPS) is 19.9. The van der Waals surface area contributed by atoms with Crippen molar-refractivity contribution in [2.75, 3.05) is 25.5 Å². The van der Waals surface area contributed by atoms with Gasteiger partial charge in [0.2, 0.25) is 0 Å². The van der Waals surface area contributed by atoms with Gasteiger partial charge in [0.25, 0.3) is 0 Å². The molecule has 0 aliphatic carbocycles. The van der Waals surface area contributed by atoms with Crippen molar-refractivity contribution in [1.29, 1.82) is 0 Å². The molecule has 1 aliphatic rings. The molecule has 1 saturated heterocycles. The molecule has 0 N–H and O–H groups in total. The van der Waals surface area contributed by atoms with E-state index in [0.29, 0.717) is 0 Å². The van der Waals surface area contributed by atoms with Gasteiger partial charge in [0.05, 0.1) is 0 Å². The molecule has 1 aliphatic heterocycles. The van der Waals surface area contributed by atoms with Gasteiger partial charge in [0, 0.05) is 12.4 Å². The highest BCUT2D eigenvalue weighted by atomic mass is 35.5. The van der Waals surface area contributed by atoms with E-state index < -0.39 is 0 Å². The summed E-state index contributed by atoms with van der Waals surface area (Å²) in [5, 5.41) is 0. The van der Waals surface area contributed by atoms with Gasteiger partial charge in [-0.1, -0.05) is 0 Å². The highest BCUT2D eigenvalue weighted by Crippen LogP contribution is 2.24. The molecule has 1 aromatic rings. The van der Waals surface area contributed by atoms with Crippen LogP contribution in [0.25, 0.3) is 0 Å². The van der Waals surface area contributed by atoms with Crippen LogP contribution in [0.5, 0.6) is 11.5 Å². The molecular formula is C18H28ClNO2. The minimum atomic E-state index is -0.172. The van der Waals surface area contributed by atoms with Crippen LogP contribution in [0.4, 0.5) is 0 Å². The van der Waals surface area contributed by atoms with Gasteiger partial charge in [0.1, 0.15) is 23.2 Å². The maximum atomic E-state index is 6.12. The molecule has 0 spiro atoms. The van der Waals surface area contributed by atoms with Gasteiger partial charge < -0.3 is 9.47 Å². The second-order valence-electron chi connectivity index (χ2n) is 6.91. The fourth-order valence-corrected chi connectivity index (χ4v) is 2.85. The Labute approximate surface area is 139 Å². The second-order valence-corrected chi connectivity index (χ2v) is 7.29. The summed E-state index contributed by atoms with van der Waals surface area (Å²) in [4.78, 5) is 2.45. The number of piperidine rings is 1. The number of likely N-dealkylation sites (tertiary alicyclic amines) is 1. The summed E-state index contributed by atoms with van der Waals surface area (Å²) < 4.78 is 12.0. The minimum Gasteiger partial charge on any atom is -0.489 e. The first kappa shape index (κ1) is 17.4. The molecule has 124 valence electrons. The number of hydrogen-bond donors (Lipinski definition) is 0. The summed E-state index contributed by atoms with van der Waals surface area (Å²) in [5.74, 6) is 2.54. The first-order valence-corrected chi connectivity index (χ1v) is 8.74. The maximum absolute atomic E-state index is 6.12. The Morgan fingerprint density at radius 1 is 1.18 bits per heavy atom.